The van der Waals surface area contributed by atoms with Crippen LogP contribution in [0.5, 0.6) is 0 Å². The van der Waals surface area contributed by atoms with Crippen molar-refractivity contribution in [2.75, 3.05) is 4.90 Å². The molecule has 2 saturated heterocycles. The number of rotatable bonds is 4. The molecule has 8 unspecified atom stereocenters. The number of nitrogens with zero attached hydrogens (tertiary/aromatic N) is 1. The third-order valence-corrected chi connectivity index (χ3v) is 8.39. The number of carbonyl (C=O) groups is 3. The number of amides is 2. The number of benzene rings is 2. The van der Waals surface area contributed by atoms with E-state index in [0.717, 1.165) is 18.1 Å². The van der Waals surface area contributed by atoms with Gasteiger partial charge in [-0.15, -0.1) is 0 Å². The monoisotopic (exact) mass is 463 g/mol. The van der Waals surface area contributed by atoms with Crippen LogP contribution >= 0.6 is 11.6 Å². The number of allylic oxidation sites excluding steroid dienone is 2. The maximum atomic E-state index is 13.4. The fraction of sp³-hybridized carbons (Fsp3) is 0.346. The van der Waals surface area contributed by atoms with Crippen molar-refractivity contribution < 1.29 is 23.5 Å². The maximum absolute atomic E-state index is 13.4. The van der Waals surface area contributed by atoms with E-state index in [-0.39, 0.29) is 46.3 Å². The van der Waals surface area contributed by atoms with Gasteiger partial charge in [0.1, 0.15) is 11.9 Å². The number of epoxide rings is 1. The summed E-state index contributed by atoms with van der Waals surface area (Å²) in [6, 6.07) is 10.9. The van der Waals surface area contributed by atoms with Crippen LogP contribution in [-0.2, 0) is 14.3 Å². The summed E-state index contributed by atoms with van der Waals surface area (Å²) < 4.78 is 19.0. The number of hydrogen-bond donors (Lipinski definition) is 0. The van der Waals surface area contributed by atoms with Crippen LogP contribution in [-0.4, -0.2) is 23.7 Å². The average molecular weight is 464 g/mol. The van der Waals surface area contributed by atoms with Crippen molar-refractivity contribution in [3.8, 4) is 0 Å². The molecule has 0 radical (unpaired) electrons. The van der Waals surface area contributed by atoms with Crippen molar-refractivity contribution in [1.29, 1.82) is 0 Å². The zero-order valence-electron chi connectivity index (χ0n) is 17.4. The van der Waals surface area contributed by atoms with E-state index in [0.29, 0.717) is 23.1 Å². The summed E-state index contributed by atoms with van der Waals surface area (Å²) in [5.74, 6) is 0.0349. The second-order valence-electron chi connectivity index (χ2n) is 9.73. The fourth-order valence-corrected chi connectivity index (χ4v) is 6.58. The van der Waals surface area contributed by atoms with Crippen LogP contribution in [0.3, 0.4) is 0 Å². The lowest BCUT2D eigenvalue weighted by atomic mass is 9.63. The second kappa shape index (κ2) is 6.61. The molecule has 4 aliphatic carbocycles. The van der Waals surface area contributed by atoms with Crippen molar-refractivity contribution >= 4 is 34.9 Å². The Balaban J connectivity index is 1.09. The van der Waals surface area contributed by atoms with Gasteiger partial charge in [-0.1, -0.05) is 35.9 Å². The van der Waals surface area contributed by atoms with Gasteiger partial charge in [-0.25, -0.2) is 4.39 Å². The lowest BCUT2D eigenvalue weighted by Crippen LogP contribution is -2.40. The molecule has 8 rings (SSSR count). The van der Waals surface area contributed by atoms with E-state index in [1.54, 1.807) is 24.3 Å². The first-order chi connectivity index (χ1) is 15.9. The first-order valence-electron chi connectivity index (χ1n) is 11.2. The number of halogens is 2. The van der Waals surface area contributed by atoms with Crippen molar-refractivity contribution in [3.63, 3.8) is 0 Å². The van der Waals surface area contributed by atoms with E-state index in [9.17, 15) is 18.8 Å². The second-order valence-corrected chi connectivity index (χ2v) is 10.1. The molecule has 2 heterocycles. The van der Waals surface area contributed by atoms with E-state index in [4.69, 9.17) is 16.3 Å². The molecule has 2 aliphatic heterocycles. The molecule has 2 aromatic carbocycles. The molecular weight excluding hydrogens is 445 g/mol. The fourth-order valence-electron chi connectivity index (χ4n) is 6.40. The summed E-state index contributed by atoms with van der Waals surface area (Å²) in [5.41, 5.74) is 1.64. The third-order valence-electron chi connectivity index (χ3n) is 8.10. The van der Waals surface area contributed by atoms with Gasteiger partial charge in [0.15, 0.2) is 11.9 Å². The quantitative estimate of drug-likeness (QED) is 0.292. The van der Waals surface area contributed by atoms with Gasteiger partial charge in [0.05, 0.1) is 22.5 Å². The Morgan fingerprint density at radius 2 is 1.61 bits per heavy atom. The number of hydrogen-bond acceptors (Lipinski definition) is 4. The number of anilines is 1. The van der Waals surface area contributed by atoms with Crippen LogP contribution in [0.4, 0.5) is 10.1 Å². The Kier molecular flexibility index (Phi) is 3.93. The number of imide groups is 1. The zero-order valence-corrected chi connectivity index (χ0v) is 18.1. The highest BCUT2D eigenvalue weighted by Gasteiger charge is 2.67. The van der Waals surface area contributed by atoms with Crippen molar-refractivity contribution in [2.24, 2.45) is 35.5 Å². The molecule has 2 amide bonds. The maximum Gasteiger partial charge on any atom is 0.238 e. The Morgan fingerprint density at radius 1 is 0.970 bits per heavy atom. The standard InChI is InChI=1S/C26H19ClFNO4/c27-18-9-12(3-8-19(18)28)22(30)24-23(33-24)11-1-4-13(5-2-11)29-25(31)20-14-6-7-15(17-10-16(14)17)21(20)26(29)32/h1-9,14-17,20-21,23-24H,10H2. The Morgan fingerprint density at radius 3 is 2.21 bits per heavy atom. The number of ketones is 1. The number of ether oxygens (including phenoxy) is 1. The van der Waals surface area contributed by atoms with Gasteiger partial charge in [-0.05, 0) is 66.0 Å². The average Bonchev–Trinajstić information content (AvgIpc) is 3.74. The van der Waals surface area contributed by atoms with Crippen LogP contribution in [0, 0.1) is 41.3 Å². The van der Waals surface area contributed by atoms with Gasteiger partial charge < -0.3 is 4.74 Å². The van der Waals surface area contributed by atoms with E-state index in [1.165, 1.54) is 17.0 Å². The smallest absolute Gasteiger partial charge is 0.238 e. The van der Waals surface area contributed by atoms with E-state index >= 15 is 0 Å². The molecule has 5 nitrogen and oxygen atoms in total. The summed E-state index contributed by atoms with van der Waals surface area (Å²) in [7, 11) is 0. The summed E-state index contributed by atoms with van der Waals surface area (Å²) in [5, 5.41) is -0.108. The molecule has 0 aromatic heterocycles. The van der Waals surface area contributed by atoms with Gasteiger partial charge in [0.2, 0.25) is 11.8 Å². The van der Waals surface area contributed by atoms with Crippen LogP contribution < -0.4 is 4.90 Å². The van der Waals surface area contributed by atoms with Crippen molar-refractivity contribution in [1.82, 2.24) is 0 Å². The predicted molar refractivity (Wildman–Crippen MR) is 117 cm³/mol. The van der Waals surface area contributed by atoms with Gasteiger partial charge in [0.25, 0.3) is 0 Å². The molecule has 2 saturated carbocycles. The molecule has 7 heteroatoms. The normalized spacial score (nSPS) is 37.2. The lowest BCUT2D eigenvalue weighted by molar-refractivity contribution is -0.124. The van der Waals surface area contributed by atoms with Gasteiger partial charge in [-0.2, -0.15) is 0 Å². The number of carbonyl (C=O) groups excluding carboxylic acids is 3. The Bertz CT molecular complexity index is 1240. The topological polar surface area (TPSA) is 67.0 Å². The minimum Gasteiger partial charge on any atom is -0.356 e. The molecule has 2 bridgehead atoms. The molecule has 4 fully saturated rings. The third kappa shape index (κ3) is 2.71. The van der Waals surface area contributed by atoms with Crippen LogP contribution in [0.25, 0.3) is 0 Å². The van der Waals surface area contributed by atoms with Gasteiger partial charge >= 0.3 is 0 Å². The predicted octanol–water partition coefficient (Wildman–Crippen LogP) is 4.36. The minimum absolute atomic E-state index is 0.0913. The molecule has 6 aliphatic rings. The van der Waals surface area contributed by atoms with Crippen molar-refractivity contribution in [2.45, 2.75) is 18.6 Å². The van der Waals surface area contributed by atoms with Crippen LogP contribution in [0.15, 0.2) is 54.6 Å². The number of Topliss-reactive ketones (excluding diaryl/α,β-unsaturated/α-hetero) is 1. The SMILES string of the molecule is O=C(c1ccc(F)c(Cl)c1)C1OC1c1ccc(N2C(=O)C3C4C=CC(C5CC45)C3C2=O)cc1. The summed E-state index contributed by atoms with van der Waals surface area (Å²) in [6.45, 7) is 0. The largest absolute Gasteiger partial charge is 0.356 e. The molecule has 2 aromatic rings. The Hall–Kier alpha value is -2.83. The van der Waals surface area contributed by atoms with Crippen LogP contribution in [0.2, 0.25) is 5.02 Å². The highest BCUT2D eigenvalue weighted by atomic mass is 35.5. The molecule has 0 spiro atoms. The molecule has 166 valence electrons. The molecular formula is C26H19ClFNO4. The van der Waals surface area contributed by atoms with Gasteiger partial charge in [-0.3, -0.25) is 19.3 Å². The lowest BCUT2D eigenvalue weighted by Gasteiger charge is -2.37. The van der Waals surface area contributed by atoms with E-state index in [1.807, 2.05) is 0 Å². The van der Waals surface area contributed by atoms with E-state index < -0.39 is 18.0 Å². The van der Waals surface area contributed by atoms with Crippen molar-refractivity contribution in [3.05, 3.63) is 76.6 Å². The highest BCUT2D eigenvalue weighted by molar-refractivity contribution is 6.31. The molecule has 33 heavy (non-hydrogen) atoms. The molecule has 8 atom stereocenters. The molecule has 0 N–H and O–H groups in total. The van der Waals surface area contributed by atoms with Crippen LogP contribution in [0.1, 0.15) is 28.4 Å². The summed E-state index contributed by atoms with van der Waals surface area (Å²) >= 11 is 5.79. The van der Waals surface area contributed by atoms with Gasteiger partial charge in [0, 0.05) is 5.56 Å². The zero-order chi connectivity index (χ0) is 22.6. The summed E-state index contributed by atoms with van der Waals surface area (Å²) in [4.78, 5) is 40.5. The Labute approximate surface area is 194 Å². The highest BCUT2D eigenvalue weighted by Crippen LogP contribution is 2.65. The first-order valence-corrected chi connectivity index (χ1v) is 11.6. The van der Waals surface area contributed by atoms with E-state index in [2.05, 4.69) is 12.2 Å². The summed E-state index contributed by atoms with van der Waals surface area (Å²) in [6.07, 6.45) is 4.37. The first kappa shape index (κ1) is 19.6. The minimum atomic E-state index is -0.663.